The fraction of sp³-hybridized carbons (Fsp3) is 0.0952. The van der Waals surface area contributed by atoms with Crippen molar-refractivity contribution in [3.8, 4) is 0 Å². The number of hydrogen-bond acceptors (Lipinski definition) is 4. The van der Waals surface area contributed by atoms with Crippen molar-refractivity contribution in [1.29, 1.82) is 0 Å². The predicted octanol–water partition coefficient (Wildman–Crippen LogP) is 3.80. The lowest BCUT2D eigenvalue weighted by molar-refractivity contribution is 0.435. The zero-order chi connectivity index (χ0) is 21.5. The van der Waals surface area contributed by atoms with Gasteiger partial charge in [0.2, 0.25) is 0 Å². The third-order valence-electron chi connectivity index (χ3n) is 4.37. The second-order valence-corrected chi connectivity index (χ2v) is 8.81. The number of nitrogens with one attached hydrogen (secondary N) is 1. The summed E-state index contributed by atoms with van der Waals surface area (Å²) in [6.07, 6.45) is 0. The summed E-state index contributed by atoms with van der Waals surface area (Å²) in [6.45, 7) is 0.942. The Balaban J connectivity index is 1.85. The van der Waals surface area contributed by atoms with Crippen LogP contribution in [0.25, 0.3) is 0 Å². The molecular weight excluding hydrogens is 441 g/mol. The number of nitrogens with zero attached hydrogens (tertiary/aromatic N) is 2. The first-order valence-electron chi connectivity index (χ1n) is 9.01. The van der Waals surface area contributed by atoms with Gasteiger partial charge in [0.25, 0.3) is 0 Å². The fourth-order valence-electron chi connectivity index (χ4n) is 2.83. The van der Waals surface area contributed by atoms with Crippen molar-refractivity contribution < 1.29 is 4.21 Å². The summed E-state index contributed by atoms with van der Waals surface area (Å²) < 4.78 is 15.2. The van der Waals surface area contributed by atoms with Crippen LogP contribution >= 0.6 is 23.2 Å². The molecule has 0 radical (unpaired) electrons. The molecule has 0 aliphatic carbocycles. The maximum Gasteiger partial charge on any atom is 0.166 e. The van der Waals surface area contributed by atoms with Crippen molar-refractivity contribution >= 4 is 40.0 Å². The molecule has 0 amide bonds. The van der Waals surface area contributed by atoms with Crippen molar-refractivity contribution in [2.24, 2.45) is 16.8 Å². The van der Waals surface area contributed by atoms with Gasteiger partial charge in [0.1, 0.15) is 11.0 Å². The second-order valence-electron chi connectivity index (χ2n) is 6.45. The van der Waals surface area contributed by atoms with Gasteiger partial charge in [-0.2, -0.15) is 5.10 Å². The van der Waals surface area contributed by atoms with Gasteiger partial charge in [-0.15, -0.1) is 0 Å². The van der Waals surface area contributed by atoms with Crippen LogP contribution in [0.3, 0.4) is 0 Å². The molecule has 1 unspecified atom stereocenters. The lowest BCUT2D eigenvalue weighted by Crippen LogP contribution is -2.32. The average Bonchev–Trinajstić information content (AvgIpc) is 2.77. The highest BCUT2D eigenvalue weighted by atomic mass is 35.5. The molecule has 0 aromatic heterocycles. The number of benzene rings is 3. The SMILES string of the molecule is N/N=C(\NN)c1ccc(CN(Cc2ccc(Cl)cc2)S(=O)c2ccc(Cl)cc2)cc1. The highest BCUT2D eigenvalue weighted by Gasteiger charge is 2.17. The largest absolute Gasteiger partial charge is 0.321 e. The summed E-state index contributed by atoms with van der Waals surface area (Å²) >= 11 is 12.0. The highest BCUT2D eigenvalue weighted by molar-refractivity contribution is 7.82. The van der Waals surface area contributed by atoms with Gasteiger partial charge < -0.3 is 11.3 Å². The molecule has 3 aromatic rings. The van der Waals surface area contributed by atoms with E-state index in [1.165, 1.54) is 0 Å². The van der Waals surface area contributed by atoms with E-state index in [-0.39, 0.29) is 0 Å². The first-order chi connectivity index (χ1) is 14.5. The average molecular weight is 462 g/mol. The quantitative estimate of drug-likeness (QED) is 0.215. The van der Waals surface area contributed by atoms with E-state index in [0.717, 1.165) is 16.7 Å². The molecule has 3 aromatic carbocycles. The van der Waals surface area contributed by atoms with Crippen LogP contribution in [-0.4, -0.2) is 14.3 Å². The topological polar surface area (TPSA) is 96.7 Å². The van der Waals surface area contributed by atoms with Crippen LogP contribution in [0.1, 0.15) is 16.7 Å². The second kappa shape index (κ2) is 10.6. The molecule has 0 fully saturated rings. The van der Waals surface area contributed by atoms with Crippen molar-refractivity contribution in [2.45, 2.75) is 18.0 Å². The molecule has 0 aliphatic rings. The zero-order valence-electron chi connectivity index (χ0n) is 16.0. The smallest absolute Gasteiger partial charge is 0.166 e. The number of hydrazone groups is 1. The van der Waals surface area contributed by atoms with Crippen molar-refractivity contribution in [3.05, 3.63) is 99.5 Å². The fourth-order valence-corrected chi connectivity index (χ4v) is 4.29. The molecule has 9 heteroatoms. The molecule has 6 nitrogen and oxygen atoms in total. The van der Waals surface area contributed by atoms with E-state index in [0.29, 0.717) is 33.9 Å². The van der Waals surface area contributed by atoms with Crippen molar-refractivity contribution in [1.82, 2.24) is 9.73 Å². The molecule has 0 saturated carbocycles. The van der Waals surface area contributed by atoms with E-state index >= 15 is 0 Å². The molecule has 5 N–H and O–H groups in total. The molecule has 0 saturated heterocycles. The van der Waals surface area contributed by atoms with Crippen LogP contribution in [0.2, 0.25) is 10.0 Å². The van der Waals surface area contributed by atoms with Gasteiger partial charge in [-0.25, -0.2) is 14.4 Å². The molecule has 0 spiro atoms. The van der Waals surface area contributed by atoms with Crippen molar-refractivity contribution in [2.75, 3.05) is 0 Å². The molecule has 0 heterocycles. The Labute approximate surface area is 188 Å². The highest BCUT2D eigenvalue weighted by Crippen LogP contribution is 2.21. The van der Waals surface area contributed by atoms with Gasteiger partial charge in [0.05, 0.1) is 4.90 Å². The third-order valence-corrected chi connectivity index (χ3v) is 6.28. The normalized spacial score (nSPS) is 12.7. The van der Waals surface area contributed by atoms with E-state index in [1.54, 1.807) is 24.3 Å². The standard InChI is InChI=1S/C21H21Cl2N5OS/c22-18-7-3-16(4-8-18)14-28(30(29)20-11-9-19(23)10-12-20)13-15-1-5-17(6-2-15)21(26-24)27-25/h1-12H,13-14,24-25H2,(H,26,27). The van der Waals surface area contributed by atoms with E-state index in [2.05, 4.69) is 10.5 Å². The first kappa shape index (κ1) is 22.3. The Kier molecular flexibility index (Phi) is 7.84. The van der Waals surface area contributed by atoms with Crippen LogP contribution in [0.15, 0.2) is 82.8 Å². The summed E-state index contributed by atoms with van der Waals surface area (Å²) in [5.41, 5.74) is 5.19. The van der Waals surface area contributed by atoms with Crippen LogP contribution in [0.5, 0.6) is 0 Å². The Morgan fingerprint density at radius 2 is 1.33 bits per heavy atom. The molecular formula is C21H21Cl2N5OS. The molecule has 3 rings (SSSR count). The number of hydrogen-bond donors (Lipinski definition) is 3. The molecule has 30 heavy (non-hydrogen) atoms. The van der Waals surface area contributed by atoms with Gasteiger partial charge in [-0.3, -0.25) is 0 Å². The summed E-state index contributed by atoms with van der Waals surface area (Å²) in [5, 5.41) is 4.86. The van der Waals surface area contributed by atoms with E-state index in [4.69, 9.17) is 34.9 Å². The van der Waals surface area contributed by atoms with E-state index in [1.807, 2.05) is 52.8 Å². The van der Waals surface area contributed by atoms with Gasteiger partial charge in [0, 0.05) is 28.7 Å². The Bertz CT molecular complexity index is 1020. The number of hydrazine groups is 1. The molecule has 0 bridgehead atoms. The van der Waals surface area contributed by atoms with Gasteiger partial charge in [-0.1, -0.05) is 59.6 Å². The predicted molar refractivity (Wildman–Crippen MR) is 123 cm³/mol. The Hall–Kier alpha value is -2.42. The van der Waals surface area contributed by atoms with Gasteiger partial charge >= 0.3 is 0 Å². The monoisotopic (exact) mass is 461 g/mol. The zero-order valence-corrected chi connectivity index (χ0v) is 18.3. The maximum atomic E-state index is 13.3. The number of rotatable bonds is 7. The minimum Gasteiger partial charge on any atom is -0.321 e. The molecule has 0 aliphatic heterocycles. The molecule has 156 valence electrons. The first-order valence-corrected chi connectivity index (χ1v) is 10.9. The van der Waals surface area contributed by atoms with Crippen LogP contribution in [0, 0.1) is 0 Å². The maximum absolute atomic E-state index is 13.3. The van der Waals surface area contributed by atoms with Crippen LogP contribution in [-0.2, 0) is 24.1 Å². The number of halogens is 2. The number of nitrogens with two attached hydrogens (primary N) is 2. The molecule has 1 atom stereocenters. The van der Waals surface area contributed by atoms with Crippen LogP contribution in [0.4, 0.5) is 0 Å². The van der Waals surface area contributed by atoms with Crippen molar-refractivity contribution in [3.63, 3.8) is 0 Å². The van der Waals surface area contributed by atoms with E-state index in [9.17, 15) is 4.21 Å². The minimum atomic E-state index is -1.39. The Morgan fingerprint density at radius 1 is 0.867 bits per heavy atom. The lowest BCUT2D eigenvalue weighted by Gasteiger charge is -2.22. The van der Waals surface area contributed by atoms with Gasteiger partial charge in [-0.05, 0) is 47.5 Å². The summed E-state index contributed by atoms with van der Waals surface area (Å²) in [4.78, 5) is 0.676. The minimum absolute atomic E-state index is 0.379. The van der Waals surface area contributed by atoms with E-state index < -0.39 is 11.0 Å². The lowest BCUT2D eigenvalue weighted by atomic mass is 10.1. The van der Waals surface area contributed by atoms with Gasteiger partial charge in [0.15, 0.2) is 5.84 Å². The summed E-state index contributed by atoms with van der Waals surface area (Å²) in [7, 11) is -1.39. The Morgan fingerprint density at radius 3 is 1.80 bits per heavy atom. The summed E-state index contributed by atoms with van der Waals surface area (Å²) in [5.74, 6) is 11.1. The third kappa shape index (κ3) is 5.81. The van der Waals surface area contributed by atoms with Crippen LogP contribution < -0.4 is 17.1 Å². The number of amidine groups is 1. The summed E-state index contributed by atoms with van der Waals surface area (Å²) in [6, 6.07) is 22.1.